The molecule has 0 aromatic heterocycles. The number of amides is 2. The van der Waals surface area contributed by atoms with Gasteiger partial charge < -0.3 is 14.5 Å². The van der Waals surface area contributed by atoms with E-state index in [0.717, 1.165) is 38.0 Å². The predicted molar refractivity (Wildman–Crippen MR) is 101 cm³/mol. The largest absolute Gasteiger partial charge is 0.372 e. The summed E-state index contributed by atoms with van der Waals surface area (Å²) in [6, 6.07) is 10.1. The third kappa shape index (κ3) is 4.52. The van der Waals surface area contributed by atoms with Crippen molar-refractivity contribution in [3.63, 3.8) is 0 Å². The maximum Gasteiger partial charge on any atom is 0.248 e. The van der Waals surface area contributed by atoms with Gasteiger partial charge in [-0.3, -0.25) is 9.59 Å². The van der Waals surface area contributed by atoms with Crippen molar-refractivity contribution in [2.45, 2.75) is 26.2 Å². The standard InChI is InChI=1S/C21H28N2O3/c1-2-26-16-20(25)22-13-10-21(11-14-22)15-19(24)23(17-21)12-6-9-18-7-4-3-5-8-18/h3-9H,2,10-17H2,1H3. The van der Waals surface area contributed by atoms with Crippen LogP contribution in [0.15, 0.2) is 36.4 Å². The minimum absolute atomic E-state index is 0.0417. The van der Waals surface area contributed by atoms with Crippen LogP contribution in [0.2, 0.25) is 0 Å². The van der Waals surface area contributed by atoms with Crippen molar-refractivity contribution in [1.82, 2.24) is 9.80 Å². The summed E-state index contributed by atoms with van der Waals surface area (Å²) in [6.07, 6.45) is 6.53. The lowest BCUT2D eigenvalue weighted by molar-refractivity contribution is -0.138. The van der Waals surface area contributed by atoms with E-state index in [1.54, 1.807) is 0 Å². The van der Waals surface area contributed by atoms with Crippen molar-refractivity contribution < 1.29 is 14.3 Å². The van der Waals surface area contributed by atoms with Gasteiger partial charge in [-0.15, -0.1) is 0 Å². The molecular formula is C21H28N2O3. The number of ether oxygens (including phenoxy) is 1. The van der Waals surface area contributed by atoms with Crippen molar-refractivity contribution in [1.29, 1.82) is 0 Å². The molecule has 0 unspecified atom stereocenters. The third-order valence-corrected chi connectivity index (χ3v) is 5.45. The number of hydrogen-bond acceptors (Lipinski definition) is 3. The van der Waals surface area contributed by atoms with Gasteiger partial charge in [0.25, 0.3) is 0 Å². The Kier molecular flexibility index (Phi) is 6.09. The number of benzene rings is 1. The second-order valence-corrected chi connectivity index (χ2v) is 7.28. The fourth-order valence-corrected chi connectivity index (χ4v) is 3.87. The zero-order chi connectivity index (χ0) is 18.4. The lowest BCUT2D eigenvalue weighted by atomic mass is 9.77. The molecule has 140 valence electrons. The van der Waals surface area contributed by atoms with Crippen LogP contribution in [0.25, 0.3) is 6.08 Å². The molecule has 1 spiro atoms. The average Bonchev–Trinajstić information content (AvgIpc) is 2.96. The third-order valence-electron chi connectivity index (χ3n) is 5.45. The van der Waals surface area contributed by atoms with Gasteiger partial charge in [0.2, 0.25) is 11.8 Å². The highest BCUT2D eigenvalue weighted by molar-refractivity contribution is 5.80. The van der Waals surface area contributed by atoms with Crippen LogP contribution in [0.4, 0.5) is 0 Å². The van der Waals surface area contributed by atoms with Gasteiger partial charge in [0, 0.05) is 44.6 Å². The normalized spacial score (nSPS) is 19.7. The van der Waals surface area contributed by atoms with Gasteiger partial charge in [-0.25, -0.2) is 0 Å². The van der Waals surface area contributed by atoms with Gasteiger partial charge in [-0.2, -0.15) is 0 Å². The van der Waals surface area contributed by atoms with E-state index in [-0.39, 0.29) is 23.8 Å². The smallest absolute Gasteiger partial charge is 0.248 e. The molecule has 2 heterocycles. The number of likely N-dealkylation sites (tertiary alicyclic amines) is 2. The highest BCUT2D eigenvalue weighted by Gasteiger charge is 2.44. The summed E-state index contributed by atoms with van der Waals surface area (Å²) in [4.78, 5) is 28.4. The average molecular weight is 356 g/mol. The van der Waals surface area contributed by atoms with Gasteiger partial charge >= 0.3 is 0 Å². The zero-order valence-corrected chi connectivity index (χ0v) is 15.5. The van der Waals surface area contributed by atoms with E-state index in [0.29, 0.717) is 19.6 Å². The van der Waals surface area contributed by atoms with Crippen molar-refractivity contribution in [3.8, 4) is 0 Å². The molecule has 26 heavy (non-hydrogen) atoms. The van der Waals surface area contributed by atoms with Crippen molar-refractivity contribution >= 4 is 17.9 Å². The monoisotopic (exact) mass is 356 g/mol. The molecule has 2 aliphatic rings. The topological polar surface area (TPSA) is 49.9 Å². The van der Waals surface area contributed by atoms with Crippen LogP contribution in [0.1, 0.15) is 31.7 Å². The molecular weight excluding hydrogens is 328 g/mol. The number of nitrogens with zero attached hydrogens (tertiary/aromatic N) is 2. The van der Waals surface area contributed by atoms with Crippen LogP contribution in [-0.2, 0) is 14.3 Å². The van der Waals surface area contributed by atoms with Crippen LogP contribution in [-0.4, -0.2) is 61.0 Å². The molecule has 1 aromatic carbocycles. The maximum absolute atomic E-state index is 12.4. The van der Waals surface area contributed by atoms with Crippen LogP contribution < -0.4 is 0 Å². The van der Waals surface area contributed by atoms with Crippen LogP contribution in [0.5, 0.6) is 0 Å². The van der Waals surface area contributed by atoms with E-state index in [9.17, 15) is 9.59 Å². The SMILES string of the molecule is CCOCC(=O)N1CCC2(CC1)CC(=O)N(CC=Cc1ccccc1)C2. The molecule has 3 rings (SSSR count). The van der Waals surface area contributed by atoms with Crippen molar-refractivity contribution in [2.75, 3.05) is 39.4 Å². The summed E-state index contributed by atoms with van der Waals surface area (Å²) in [5, 5.41) is 0. The zero-order valence-electron chi connectivity index (χ0n) is 15.5. The summed E-state index contributed by atoms with van der Waals surface area (Å²) in [5.41, 5.74) is 1.19. The molecule has 2 saturated heterocycles. The molecule has 2 amide bonds. The predicted octanol–water partition coefficient (Wildman–Crippen LogP) is 2.58. The summed E-state index contributed by atoms with van der Waals surface area (Å²) >= 11 is 0. The molecule has 1 aromatic rings. The lowest BCUT2D eigenvalue weighted by Gasteiger charge is -2.38. The number of carbonyl (C=O) groups is 2. The van der Waals surface area contributed by atoms with Crippen LogP contribution in [0.3, 0.4) is 0 Å². The maximum atomic E-state index is 12.4. The lowest BCUT2D eigenvalue weighted by Crippen LogP contribution is -2.45. The number of hydrogen-bond donors (Lipinski definition) is 0. The Labute approximate surface area is 155 Å². The summed E-state index contributed by atoms with van der Waals surface area (Å²) in [7, 11) is 0. The quantitative estimate of drug-likeness (QED) is 0.787. The van der Waals surface area contributed by atoms with Gasteiger partial charge in [0.15, 0.2) is 0 Å². The van der Waals surface area contributed by atoms with E-state index >= 15 is 0 Å². The van der Waals surface area contributed by atoms with Gasteiger partial charge in [0.1, 0.15) is 6.61 Å². The van der Waals surface area contributed by atoms with E-state index < -0.39 is 0 Å². The van der Waals surface area contributed by atoms with Gasteiger partial charge in [-0.1, -0.05) is 42.5 Å². The van der Waals surface area contributed by atoms with Crippen molar-refractivity contribution in [2.24, 2.45) is 5.41 Å². The molecule has 0 N–H and O–H groups in total. The number of rotatable bonds is 6. The van der Waals surface area contributed by atoms with Gasteiger partial charge in [-0.05, 0) is 25.3 Å². The fraction of sp³-hybridized carbons (Fsp3) is 0.524. The van der Waals surface area contributed by atoms with Crippen LogP contribution >= 0.6 is 0 Å². The molecule has 2 aliphatic heterocycles. The highest BCUT2D eigenvalue weighted by Crippen LogP contribution is 2.40. The Hall–Kier alpha value is -2.14. The minimum atomic E-state index is 0.0417. The Bertz CT molecular complexity index is 648. The first-order valence-corrected chi connectivity index (χ1v) is 9.47. The molecule has 0 aliphatic carbocycles. The van der Waals surface area contributed by atoms with E-state index in [1.165, 1.54) is 0 Å². The van der Waals surface area contributed by atoms with Crippen molar-refractivity contribution in [3.05, 3.63) is 42.0 Å². The summed E-state index contributed by atoms with van der Waals surface area (Å²) in [5.74, 6) is 0.297. The highest BCUT2D eigenvalue weighted by atomic mass is 16.5. The number of carbonyl (C=O) groups excluding carboxylic acids is 2. The van der Waals surface area contributed by atoms with E-state index in [2.05, 4.69) is 24.3 Å². The van der Waals surface area contributed by atoms with E-state index in [1.807, 2.05) is 34.9 Å². The second-order valence-electron chi connectivity index (χ2n) is 7.28. The summed E-state index contributed by atoms with van der Waals surface area (Å²) < 4.78 is 5.22. The van der Waals surface area contributed by atoms with Crippen LogP contribution in [0, 0.1) is 5.41 Å². The minimum Gasteiger partial charge on any atom is -0.372 e. The Morgan fingerprint density at radius 1 is 1.23 bits per heavy atom. The fourth-order valence-electron chi connectivity index (χ4n) is 3.87. The molecule has 0 atom stereocenters. The molecule has 0 radical (unpaired) electrons. The Balaban J connectivity index is 1.50. The number of piperidine rings is 1. The van der Waals surface area contributed by atoms with Gasteiger partial charge in [0.05, 0.1) is 0 Å². The first-order valence-electron chi connectivity index (χ1n) is 9.47. The first kappa shape index (κ1) is 18.6. The molecule has 0 bridgehead atoms. The molecule has 5 heteroatoms. The first-order chi connectivity index (χ1) is 12.6. The Morgan fingerprint density at radius 3 is 2.65 bits per heavy atom. The summed E-state index contributed by atoms with van der Waals surface area (Å²) in [6.45, 7) is 5.53. The molecule has 2 fully saturated rings. The van der Waals surface area contributed by atoms with E-state index in [4.69, 9.17) is 4.74 Å². The second kappa shape index (κ2) is 8.49. The molecule has 0 saturated carbocycles. The molecule has 5 nitrogen and oxygen atoms in total. The Morgan fingerprint density at radius 2 is 1.96 bits per heavy atom.